The predicted octanol–water partition coefficient (Wildman–Crippen LogP) is 4.51. The maximum Gasteiger partial charge on any atom is 0.269 e. The number of amides is 1. The van der Waals surface area contributed by atoms with Gasteiger partial charge in [0.2, 0.25) is 5.91 Å². The van der Waals surface area contributed by atoms with Gasteiger partial charge in [0.1, 0.15) is 11.6 Å². The maximum atomic E-state index is 13.0. The highest BCUT2D eigenvalue weighted by Crippen LogP contribution is 2.22. The fraction of sp³-hybridized carbons (Fsp3) is 0.250. The largest absolute Gasteiger partial charge is 0.325 e. The molecule has 8 nitrogen and oxygen atoms in total. The summed E-state index contributed by atoms with van der Waals surface area (Å²) in [5.74, 6) is 1.84. The summed E-state index contributed by atoms with van der Waals surface area (Å²) >= 11 is 2.93. The smallest absolute Gasteiger partial charge is 0.269 e. The molecule has 11 heteroatoms. The minimum absolute atomic E-state index is 0.0340. The van der Waals surface area contributed by atoms with Crippen molar-refractivity contribution in [2.75, 3.05) is 11.1 Å². The first-order chi connectivity index (χ1) is 15.0. The minimum Gasteiger partial charge on any atom is -0.325 e. The molecule has 1 N–H and O–H groups in total. The molecule has 1 heterocycles. The van der Waals surface area contributed by atoms with Gasteiger partial charge in [0.15, 0.2) is 5.16 Å². The zero-order valence-corrected chi connectivity index (χ0v) is 18.3. The van der Waals surface area contributed by atoms with Gasteiger partial charge in [-0.2, -0.15) is 0 Å². The van der Waals surface area contributed by atoms with Crippen LogP contribution in [0.15, 0.2) is 53.7 Å². The number of hydrogen-bond donors (Lipinski definition) is 1. The third-order valence-corrected chi connectivity index (χ3v) is 6.18. The highest BCUT2D eigenvalue weighted by atomic mass is 32.2. The number of aromatic nitrogens is 3. The summed E-state index contributed by atoms with van der Waals surface area (Å²) in [5, 5.41) is 22.5. The van der Waals surface area contributed by atoms with E-state index in [9.17, 15) is 19.3 Å². The van der Waals surface area contributed by atoms with Crippen molar-refractivity contribution in [1.82, 2.24) is 14.8 Å². The number of rotatable bonds is 10. The van der Waals surface area contributed by atoms with Gasteiger partial charge >= 0.3 is 0 Å². The van der Waals surface area contributed by atoms with E-state index >= 15 is 0 Å². The number of nitrogens with zero attached hydrogens (tertiary/aromatic N) is 4. The van der Waals surface area contributed by atoms with Gasteiger partial charge in [-0.05, 0) is 36.8 Å². The van der Waals surface area contributed by atoms with E-state index in [1.54, 1.807) is 23.9 Å². The van der Waals surface area contributed by atoms with Crippen molar-refractivity contribution < 1.29 is 14.1 Å². The summed E-state index contributed by atoms with van der Waals surface area (Å²) < 4.78 is 14.9. The minimum atomic E-state index is -0.492. The Labute approximate surface area is 186 Å². The van der Waals surface area contributed by atoms with Crippen LogP contribution in [0.1, 0.15) is 18.3 Å². The van der Waals surface area contributed by atoms with Crippen LogP contribution in [0, 0.1) is 15.9 Å². The molecule has 0 atom stereocenters. The monoisotopic (exact) mass is 461 g/mol. The second-order valence-corrected chi connectivity index (χ2v) is 8.33. The highest BCUT2D eigenvalue weighted by molar-refractivity contribution is 7.99. The predicted molar refractivity (Wildman–Crippen MR) is 120 cm³/mol. The number of halogens is 1. The third kappa shape index (κ3) is 6.53. The second-order valence-electron chi connectivity index (χ2n) is 6.40. The van der Waals surface area contributed by atoms with Crippen LogP contribution >= 0.6 is 23.5 Å². The summed E-state index contributed by atoms with van der Waals surface area (Å²) in [4.78, 5) is 22.4. The molecule has 0 radical (unpaired) electrons. The van der Waals surface area contributed by atoms with Crippen LogP contribution in [-0.2, 0) is 22.8 Å². The zero-order valence-electron chi connectivity index (χ0n) is 16.7. The van der Waals surface area contributed by atoms with E-state index < -0.39 is 4.92 Å². The van der Waals surface area contributed by atoms with Gasteiger partial charge in [-0.1, -0.05) is 23.9 Å². The van der Waals surface area contributed by atoms with E-state index in [4.69, 9.17) is 0 Å². The lowest BCUT2D eigenvalue weighted by atomic mass is 10.2. The molecule has 0 aliphatic carbocycles. The number of benzene rings is 2. The first kappa shape index (κ1) is 22.8. The Kier molecular flexibility index (Phi) is 8.01. The Morgan fingerprint density at radius 2 is 1.84 bits per heavy atom. The van der Waals surface area contributed by atoms with E-state index in [0.717, 1.165) is 17.1 Å². The van der Waals surface area contributed by atoms with Gasteiger partial charge in [0.05, 0.1) is 16.4 Å². The van der Waals surface area contributed by atoms with Crippen molar-refractivity contribution >= 4 is 40.8 Å². The zero-order chi connectivity index (χ0) is 22.2. The molecular formula is C20H20FN5O3S2. The number of anilines is 1. The molecule has 0 spiro atoms. The molecule has 1 aromatic heterocycles. The lowest BCUT2D eigenvalue weighted by molar-refractivity contribution is -0.384. The van der Waals surface area contributed by atoms with Gasteiger partial charge in [0, 0.05) is 30.1 Å². The van der Waals surface area contributed by atoms with Gasteiger partial charge < -0.3 is 9.88 Å². The summed E-state index contributed by atoms with van der Waals surface area (Å²) in [6.07, 6.45) is 0. The Morgan fingerprint density at radius 1 is 1.13 bits per heavy atom. The third-order valence-electron chi connectivity index (χ3n) is 4.22. The number of hydrogen-bond acceptors (Lipinski definition) is 7. The molecule has 3 rings (SSSR count). The number of nitro benzene ring substituents is 1. The molecule has 162 valence electrons. The van der Waals surface area contributed by atoms with Crippen LogP contribution in [0.4, 0.5) is 15.8 Å². The van der Waals surface area contributed by atoms with Gasteiger partial charge in [-0.15, -0.1) is 22.0 Å². The number of thioether (sulfide) groups is 2. The van der Waals surface area contributed by atoms with E-state index in [0.29, 0.717) is 23.1 Å². The SMILES string of the molecule is CCn1c(CSCc2ccc(F)cc2)nnc1SCC(=O)Nc1ccc([N+](=O)[O-])cc1. The highest BCUT2D eigenvalue weighted by Gasteiger charge is 2.14. The summed E-state index contributed by atoms with van der Waals surface area (Å²) in [5.41, 5.74) is 1.49. The van der Waals surface area contributed by atoms with E-state index in [-0.39, 0.29) is 23.2 Å². The Bertz CT molecular complexity index is 1040. The van der Waals surface area contributed by atoms with E-state index in [2.05, 4.69) is 15.5 Å². The summed E-state index contributed by atoms with van der Waals surface area (Å²) in [6, 6.07) is 12.1. The van der Waals surface area contributed by atoms with Crippen molar-refractivity contribution in [2.24, 2.45) is 0 Å². The molecular weight excluding hydrogens is 441 g/mol. The van der Waals surface area contributed by atoms with Crippen LogP contribution in [0.5, 0.6) is 0 Å². The topological polar surface area (TPSA) is 103 Å². The normalized spacial score (nSPS) is 10.8. The number of nitro groups is 1. The Hall–Kier alpha value is -2.92. The number of non-ortho nitro benzene ring substituents is 1. The molecule has 3 aromatic rings. The number of carbonyl (C=O) groups is 1. The first-order valence-electron chi connectivity index (χ1n) is 9.37. The molecule has 1 amide bonds. The van der Waals surface area contributed by atoms with Crippen molar-refractivity contribution in [3.05, 3.63) is 75.9 Å². The van der Waals surface area contributed by atoms with Gasteiger partial charge in [-0.25, -0.2) is 4.39 Å². The van der Waals surface area contributed by atoms with Crippen molar-refractivity contribution in [2.45, 2.75) is 30.1 Å². The quantitative estimate of drug-likeness (QED) is 0.269. The average Bonchev–Trinajstić information content (AvgIpc) is 3.16. The molecule has 0 aliphatic rings. The molecule has 0 saturated carbocycles. The standard InChI is InChI=1S/C20H20FN5O3S2/c1-2-25-18(12-30-11-14-3-5-15(21)6-4-14)23-24-20(25)31-13-19(27)22-16-7-9-17(10-8-16)26(28)29/h3-10H,2,11-13H2,1H3,(H,22,27). The van der Waals surface area contributed by atoms with Crippen LogP contribution in [-0.4, -0.2) is 31.3 Å². The van der Waals surface area contributed by atoms with Crippen LogP contribution in [0.3, 0.4) is 0 Å². The number of carbonyl (C=O) groups excluding carboxylic acids is 1. The lowest BCUT2D eigenvalue weighted by Crippen LogP contribution is -2.14. The fourth-order valence-corrected chi connectivity index (χ4v) is 4.43. The Morgan fingerprint density at radius 3 is 2.48 bits per heavy atom. The van der Waals surface area contributed by atoms with Gasteiger partial charge in [-0.3, -0.25) is 14.9 Å². The van der Waals surface area contributed by atoms with E-state index in [1.165, 1.54) is 48.2 Å². The molecule has 0 aliphatic heterocycles. The van der Waals surface area contributed by atoms with Crippen LogP contribution in [0.25, 0.3) is 0 Å². The lowest BCUT2D eigenvalue weighted by Gasteiger charge is -2.08. The second kappa shape index (κ2) is 10.9. The fourth-order valence-electron chi connectivity index (χ4n) is 2.68. The molecule has 0 saturated heterocycles. The summed E-state index contributed by atoms with van der Waals surface area (Å²) in [7, 11) is 0. The van der Waals surface area contributed by atoms with E-state index in [1.807, 2.05) is 11.5 Å². The van der Waals surface area contributed by atoms with Crippen molar-refractivity contribution in [3.8, 4) is 0 Å². The number of nitrogens with one attached hydrogen (secondary N) is 1. The molecule has 31 heavy (non-hydrogen) atoms. The molecule has 2 aromatic carbocycles. The van der Waals surface area contributed by atoms with Crippen LogP contribution < -0.4 is 5.32 Å². The van der Waals surface area contributed by atoms with Crippen molar-refractivity contribution in [3.63, 3.8) is 0 Å². The van der Waals surface area contributed by atoms with Gasteiger partial charge in [0.25, 0.3) is 5.69 Å². The van der Waals surface area contributed by atoms with Crippen molar-refractivity contribution in [1.29, 1.82) is 0 Å². The molecule has 0 unspecified atom stereocenters. The Balaban J connectivity index is 1.50. The maximum absolute atomic E-state index is 13.0. The average molecular weight is 462 g/mol. The summed E-state index contributed by atoms with van der Waals surface area (Å²) in [6.45, 7) is 2.66. The van der Waals surface area contributed by atoms with Crippen LogP contribution in [0.2, 0.25) is 0 Å². The first-order valence-corrected chi connectivity index (χ1v) is 11.5. The molecule has 0 fully saturated rings. The molecule has 0 bridgehead atoms.